The minimum absolute atomic E-state index is 0.0957. The van der Waals surface area contributed by atoms with E-state index in [9.17, 15) is 14.4 Å². The molecule has 4 saturated carbocycles. The molecule has 1 aromatic carbocycles. The molecule has 144 valence electrons. The number of ether oxygens (including phenoxy) is 1. The van der Waals surface area contributed by atoms with Crippen LogP contribution in [0.4, 0.5) is 0 Å². The summed E-state index contributed by atoms with van der Waals surface area (Å²) in [4.78, 5) is 36.2. The van der Waals surface area contributed by atoms with Crippen molar-refractivity contribution in [3.63, 3.8) is 0 Å². The zero-order valence-corrected chi connectivity index (χ0v) is 15.8. The summed E-state index contributed by atoms with van der Waals surface area (Å²) in [5.41, 5.74) is 1.11. The highest BCUT2D eigenvalue weighted by atomic mass is 16.5. The maximum absolute atomic E-state index is 12.9. The highest BCUT2D eigenvalue weighted by molar-refractivity contribution is 5.93. The average Bonchev–Trinajstić information content (AvgIpc) is 2.63. The van der Waals surface area contributed by atoms with Crippen molar-refractivity contribution in [2.75, 3.05) is 6.61 Å². The van der Waals surface area contributed by atoms with Gasteiger partial charge in [-0.05, 0) is 74.0 Å². The van der Waals surface area contributed by atoms with Crippen molar-refractivity contribution in [1.82, 2.24) is 5.32 Å². The zero-order valence-electron chi connectivity index (χ0n) is 15.8. The SMILES string of the molecule is CC(=O)NCc1ccc(C(=O)OCC(=O)C23CC4CC(CC(C4)C2)C3)cc1. The molecule has 0 aromatic heterocycles. The molecule has 4 bridgehead atoms. The quantitative estimate of drug-likeness (QED) is 0.781. The van der Waals surface area contributed by atoms with Gasteiger partial charge < -0.3 is 10.1 Å². The minimum atomic E-state index is -0.459. The lowest BCUT2D eigenvalue weighted by Gasteiger charge is -2.55. The Morgan fingerprint density at radius 2 is 1.56 bits per heavy atom. The van der Waals surface area contributed by atoms with Crippen molar-refractivity contribution in [3.05, 3.63) is 35.4 Å². The van der Waals surface area contributed by atoms with Gasteiger partial charge in [0, 0.05) is 18.9 Å². The molecule has 4 fully saturated rings. The minimum Gasteiger partial charge on any atom is -0.454 e. The van der Waals surface area contributed by atoms with Gasteiger partial charge in [-0.2, -0.15) is 0 Å². The Labute approximate surface area is 159 Å². The Morgan fingerprint density at radius 1 is 1.00 bits per heavy atom. The molecule has 1 aromatic rings. The smallest absolute Gasteiger partial charge is 0.338 e. The van der Waals surface area contributed by atoms with Gasteiger partial charge in [-0.25, -0.2) is 4.79 Å². The number of hydrogen-bond acceptors (Lipinski definition) is 4. The molecule has 0 unspecified atom stereocenters. The zero-order chi connectivity index (χ0) is 19.0. The third kappa shape index (κ3) is 3.78. The summed E-state index contributed by atoms with van der Waals surface area (Å²) in [6.07, 6.45) is 6.85. The van der Waals surface area contributed by atoms with E-state index in [0.717, 1.165) is 24.8 Å². The van der Waals surface area contributed by atoms with Crippen LogP contribution in [0.15, 0.2) is 24.3 Å². The number of benzene rings is 1. The second-order valence-electron chi connectivity index (χ2n) is 8.80. The van der Waals surface area contributed by atoms with E-state index in [2.05, 4.69) is 5.32 Å². The van der Waals surface area contributed by atoms with Crippen molar-refractivity contribution in [2.24, 2.45) is 23.2 Å². The number of carbonyl (C=O) groups is 3. The summed E-state index contributed by atoms with van der Waals surface area (Å²) in [6, 6.07) is 6.92. The van der Waals surface area contributed by atoms with E-state index >= 15 is 0 Å². The fourth-order valence-electron chi connectivity index (χ4n) is 5.80. The molecule has 27 heavy (non-hydrogen) atoms. The predicted molar refractivity (Wildman–Crippen MR) is 99.9 cm³/mol. The first-order valence-corrected chi connectivity index (χ1v) is 9.97. The van der Waals surface area contributed by atoms with Crippen LogP contribution in [0.5, 0.6) is 0 Å². The van der Waals surface area contributed by atoms with Crippen LogP contribution in [-0.2, 0) is 20.9 Å². The molecule has 4 aliphatic carbocycles. The van der Waals surface area contributed by atoms with E-state index in [1.54, 1.807) is 24.3 Å². The number of hydrogen-bond donors (Lipinski definition) is 1. The lowest BCUT2D eigenvalue weighted by atomic mass is 9.48. The van der Waals surface area contributed by atoms with Crippen molar-refractivity contribution in [1.29, 1.82) is 0 Å². The molecular weight excluding hydrogens is 342 g/mol. The monoisotopic (exact) mass is 369 g/mol. The predicted octanol–water partition coefficient (Wildman–Crippen LogP) is 3.27. The number of amides is 1. The number of carbonyl (C=O) groups excluding carboxylic acids is 3. The number of Topliss-reactive ketones (excluding diaryl/α,β-unsaturated/α-hetero) is 1. The van der Waals surface area contributed by atoms with Gasteiger partial charge in [0.15, 0.2) is 12.4 Å². The van der Waals surface area contributed by atoms with Crippen molar-refractivity contribution in [2.45, 2.75) is 52.0 Å². The molecule has 1 N–H and O–H groups in total. The summed E-state index contributed by atoms with van der Waals surface area (Å²) < 4.78 is 5.36. The molecule has 5 nitrogen and oxygen atoms in total. The van der Waals surface area contributed by atoms with E-state index in [1.165, 1.54) is 26.2 Å². The normalized spacial score (nSPS) is 30.8. The van der Waals surface area contributed by atoms with Crippen LogP contribution in [-0.4, -0.2) is 24.3 Å². The molecule has 0 aliphatic heterocycles. The largest absolute Gasteiger partial charge is 0.454 e. The first-order valence-electron chi connectivity index (χ1n) is 9.97. The van der Waals surface area contributed by atoms with Crippen LogP contribution in [0.2, 0.25) is 0 Å². The molecule has 0 saturated heterocycles. The Bertz CT molecular complexity index is 717. The van der Waals surface area contributed by atoms with Gasteiger partial charge >= 0.3 is 5.97 Å². The standard InChI is InChI=1S/C22H27NO4/c1-14(24)23-12-15-2-4-19(5-3-15)21(26)27-13-20(25)22-9-16-6-17(10-22)8-18(7-16)11-22/h2-5,16-18H,6-13H2,1H3,(H,23,24). The fourth-order valence-corrected chi connectivity index (χ4v) is 5.80. The molecule has 0 radical (unpaired) electrons. The summed E-state index contributed by atoms with van der Waals surface area (Å²) in [5.74, 6) is 1.67. The lowest BCUT2D eigenvalue weighted by Crippen LogP contribution is -2.51. The first-order chi connectivity index (χ1) is 12.9. The second kappa shape index (κ2) is 7.10. The van der Waals surface area contributed by atoms with Crippen molar-refractivity contribution in [3.8, 4) is 0 Å². The second-order valence-corrected chi connectivity index (χ2v) is 8.80. The summed E-state index contributed by atoms with van der Waals surface area (Å²) in [7, 11) is 0. The van der Waals surface area contributed by atoms with Gasteiger partial charge in [0.05, 0.1) is 5.56 Å². The number of nitrogens with one attached hydrogen (secondary N) is 1. The number of esters is 1. The maximum atomic E-state index is 12.9. The molecule has 0 atom stereocenters. The van der Waals surface area contributed by atoms with E-state index in [4.69, 9.17) is 4.74 Å². The highest BCUT2D eigenvalue weighted by Crippen LogP contribution is 2.60. The molecule has 0 spiro atoms. The molecule has 4 aliphatic rings. The molecule has 5 heteroatoms. The molecule has 5 rings (SSSR count). The van der Waals surface area contributed by atoms with Gasteiger partial charge in [-0.3, -0.25) is 9.59 Å². The lowest BCUT2D eigenvalue weighted by molar-refractivity contribution is -0.147. The van der Waals surface area contributed by atoms with Crippen molar-refractivity contribution < 1.29 is 19.1 Å². The van der Waals surface area contributed by atoms with Crippen LogP contribution in [0.1, 0.15) is 61.4 Å². The maximum Gasteiger partial charge on any atom is 0.338 e. The van der Waals surface area contributed by atoms with Crippen LogP contribution in [0.25, 0.3) is 0 Å². The van der Waals surface area contributed by atoms with Gasteiger partial charge in [0.1, 0.15) is 0 Å². The van der Waals surface area contributed by atoms with Gasteiger partial charge in [0.25, 0.3) is 0 Å². The first kappa shape index (κ1) is 18.2. The third-order valence-electron chi connectivity index (χ3n) is 6.70. The Kier molecular flexibility index (Phi) is 4.79. The van der Waals surface area contributed by atoms with E-state index < -0.39 is 5.97 Å². The van der Waals surface area contributed by atoms with Gasteiger partial charge in [0.2, 0.25) is 5.91 Å². The third-order valence-corrected chi connectivity index (χ3v) is 6.70. The van der Waals surface area contributed by atoms with E-state index in [-0.39, 0.29) is 23.7 Å². The molecular formula is C22H27NO4. The van der Waals surface area contributed by atoms with Crippen LogP contribution >= 0.6 is 0 Å². The molecule has 1 amide bonds. The Hall–Kier alpha value is -2.17. The Balaban J connectivity index is 1.32. The summed E-state index contributed by atoms with van der Waals surface area (Å²) in [5, 5.41) is 2.71. The van der Waals surface area contributed by atoms with Gasteiger partial charge in [-0.15, -0.1) is 0 Å². The van der Waals surface area contributed by atoms with E-state index in [0.29, 0.717) is 29.9 Å². The number of ketones is 1. The van der Waals surface area contributed by atoms with Crippen LogP contribution in [0.3, 0.4) is 0 Å². The topological polar surface area (TPSA) is 72.5 Å². The average molecular weight is 369 g/mol. The van der Waals surface area contributed by atoms with E-state index in [1.807, 2.05) is 0 Å². The fraction of sp³-hybridized carbons (Fsp3) is 0.591. The van der Waals surface area contributed by atoms with Crippen LogP contribution < -0.4 is 5.32 Å². The summed E-state index contributed by atoms with van der Waals surface area (Å²) >= 11 is 0. The van der Waals surface area contributed by atoms with Gasteiger partial charge in [-0.1, -0.05) is 12.1 Å². The Morgan fingerprint density at radius 3 is 2.07 bits per heavy atom. The highest BCUT2D eigenvalue weighted by Gasteiger charge is 2.54. The summed E-state index contributed by atoms with van der Waals surface area (Å²) in [6.45, 7) is 1.78. The number of rotatable bonds is 6. The molecule has 0 heterocycles. The van der Waals surface area contributed by atoms with Crippen molar-refractivity contribution >= 4 is 17.7 Å². The van der Waals surface area contributed by atoms with Crippen LogP contribution in [0, 0.1) is 23.2 Å².